The van der Waals surface area contributed by atoms with Crippen molar-refractivity contribution in [2.24, 2.45) is 0 Å². The van der Waals surface area contributed by atoms with Gasteiger partial charge in [-0.1, -0.05) is 56.1 Å². The molecule has 4 aromatic rings. The predicted molar refractivity (Wildman–Crippen MR) is 129 cm³/mol. The van der Waals surface area contributed by atoms with E-state index in [4.69, 9.17) is 0 Å². The maximum Gasteiger partial charge on any atom is 0.268 e. The van der Waals surface area contributed by atoms with Crippen LogP contribution < -0.4 is 5.56 Å². The molecule has 0 spiro atoms. The maximum absolute atomic E-state index is 13.8. The first-order chi connectivity index (χ1) is 15.2. The minimum absolute atomic E-state index is 0.0163. The van der Waals surface area contributed by atoms with Crippen LogP contribution >= 0.6 is 23.1 Å². The molecule has 1 aromatic carbocycles. The van der Waals surface area contributed by atoms with Crippen LogP contribution in [0.1, 0.15) is 43.0 Å². The fourth-order valence-electron chi connectivity index (χ4n) is 4.28. The van der Waals surface area contributed by atoms with E-state index in [1.807, 2.05) is 30.3 Å². The Hall–Kier alpha value is -2.16. The van der Waals surface area contributed by atoms with E-state index < -0.39 is 0 Å². The van der Waals surface area contributed by atoms with Crippen LogP contribution in [0.5, 0.6) is 0 Å². The maximum atomic E-state index is 13.8. The molecule has 8 heteroatoms. The van der Waals surface area contributed by atoms with Gasteiger partial charge in [0, 0.05) is 23.7 Å². The van der Waals surface area contributed by atoms with Crippen LogP contribution in [0.25, 0.3) is 21.7 Å². The van der Waals surface area contributed by atoms with E-state index in [1.165, 1.54) is 36.1 Å². The van der Waals surface area contributed by atoms with Crippen molar-refractivity contribution in [2.45, 2.75) is 50.7 Å². The Morgan fingerprint density at radius 2 is 1.97 bits per heavy atom. The normalized spacial score (nSPS) is 14.5. The molecule has 5 rings (SSSR count). The van der Waals surface area contributed by atoms with E-state index in [-0.39, 0.29) is 5.56 Å². The largest absolute Gasteiger partial charge is 0.301 e. The molecular formula is C23H27N5OS2. The van der Waals surface area contributed by atoms with Crippen LogP contribution in [-0.2, 0) is 13.0 Å². The van der Waals surface area contributed by atoms with E-state index in [0.717, 1.165) is 46.3 Å². The van der Waals surface area contributed by atoms with Crippen molar-refractivity contribution in [3.05, 3.63) is 51.1 Å². The SMILES string of the molecule is CCCCCCSc1nnc2n(-c3ccccc3)c(=O)c3c4c(sc3n12)CN(C)CC4. The van der Waals surface area contributed by atoms with Crippen molar-refractivity contribution in [2.75, 3.05) is 19.3 Å². The molecule has 162 valence electrons. The highest BCUT2D eigenvalue weighted by Gasteiger charge is 2.26. The van der Waals surface area contributed by atoms with Crippen molar-refractivity contribution in [1.82, 2.24) is 24.1 Å². The Labute approximate surface area is 189 Å². The Kier molecular flexibility index (Phi) is 5.86. The quantitative estimate of drug-likeness (QED) is 0.298. The summed E-state index contributed by atoms with van der Waals surface area (Å²) in [7, 11) is 2.14. The number of unbranched alkanes of at least 4 members (excludes halogenated alkanes) is 3. The van der Waals surface area contributed by atoms with Crippen LogP contribution in [0, 0.1) is 0 Å². The molecule has 0 radical (unpaired) electrons. The fraction of sp³-hybridized carbons (Fsp3) is 0.435. The summed E-state index contributed by atoms with van der Waals surface area (Å²) >= 11 is 3.48. The first kappa shape index (κ1) is 20.7. The third kappa shape index (κ3) is 3.70. The van der Waals surface area contributed by atoms with Crippen molar-refractivity contribution >= 4 is 39.1 Å². The Morgan fingerprint density at radius 1 is 1.13 bits per heavy atom. The summed E-state index contributed by atoms with van der Waals surface area (Å²) in [6.07, 6.45) is 5.81. The van der Waals surface area contributed by atoms with Gasteiger partial charge in [-0.25, -0.2) is 8.97 Å². The van der Waals surface area contributed by atoms with Crippen molar-refractivity contribution in [1.29, 1.82) is 0 Å². The standard InChI is InChI=1S/C23H27N5OS2/c1-3-4-5-9-14-30-23-25-24-22-27(16-10-7-6-8-11-16)20(29)19-17-12-13-26(2)15-18(17)31-21(19)28(22)23/h6-8,10-11H,3-5,9,12-15H2,1-2H3. The zero-order chi connectivity index (χ0) is 21.4. The topological polar surface area (TPSA) is 55.4 Å². The number of hydrogen-bond donors (Lipinski definition) is 0. The zero-order valence-electron chi connectivity index (χ0n) is 18.0. The van der Waals surface area contributed by atoms with Gasteiger partial charge < -0.3 is 4.90 Å². The molecule has 31 heavy (non-hydrogen) atoms. The Morgan fingerprint density at radius 3 is 2.77 bits per heavy atom. The van der Waals surface area contributed by atoms with Crippen LogP contribution in [-0.4, -0.2) is 43.4 Å². The lowest BCUT2D eigenvalue weighted by molar-refractivity contribution is 0.318. The second-order valence-electron chi connectivity index (χ2n) is 8.17. The van der Waals surface area contributed by atoms with Crippen molar-refractivity contribution in [3.63, 3.8) is 0 Å². The van der Waals surface area contributed by atoms with Gasteiger partial charge in [0.1, 0.15) is 4.83 Å². The predicted octanol–water partition coefficient (Wildman–Crippen LogP) is 4.76. The monoisotopic (exact) mass is 453 g/mol. The lowest BCUT2D eigenvalue weighted by atomic mass is 10.1. The number of benzene rings is 1. The highest BCUT2D eigenvalue weighted by Crippen LogP contribution is 2.35. The smallest absolute Gasteiger partial charge is 0.268 e. The van der Waals surface area contributed by atoms with Crippen molar-refractivity contribution in [3.8, 4) is 5.69 Å². The molecule has 0 unspecified atom stereocenters. The summed E-state index contributed by atoms with van der Waals surface area (Å²) in [4.78, 5) is 18.4. The third-order valence-corrected chi connectivity index (χ3v) is 8.13. The molecule has 0 amide bonds. The Bertz CT molecular complexity index is 1270. The molecule has 1 aliphatic heterocycles. The minimum atomic E-state index is 0.0163. The third-order valence-electron chi connectivity index (χ3n) is 5.91. The van der Waals surface area contributed by atoms with Gasteiger partial charge in [-0.3, -0.25) is 4.79 Å². The average Bonchev–Trinajstić information content (AvgIpc) is 3.35. The van der Waals surface area contributed by atoms with Crippen LogP contribution in [0.4, 0.5) is 0 Å². The molecule has 0 saturated heterocycles. The van der Waals surface area contributed by atoms with Gasteiger partial charge in [0.15, 0.2) is 5.16 Å². The number of rotatable bonds is 7. The van der Waals surface area contributed by atoms with Gasteiger partial charge >= 0.3 is 0 Å². The molecule has 3 aromatic heterocycles. The molecule has 0 fully saturated rings. The summed E-state index contributed by atoms with van der Waals surface area (Å²) in [6, 6.07) is 9.81. The lowest BCUT2D eigenvalue weighted by Gasteiger charge is -2.21. The highest BCUT2D eigenvalue weighted by molar-refractivity contribution is 7.99. The van der Waals surface area contributed by atoms with Gasteiger partial charge in [0.2, 0.25) is 5.78 Å². The summed E-state index contributed by atoms with van der Waals surface area (Å²) in [5.41, 5.74) is 2.06. The first-order valence-corrected chi connectivity index (χ1v) is 12.8. The van der Waals surface area contributed by atoms with Crippen molar-refractivity contribution < 1.29 is 0 Å². The fourth-order valence-corrected chi connectivity index (χ4v) is 6.68. The molecule has 0 aliphatic carbocycles. The van der Waals surface area contributed by atoms with Gasteiger partial charge in [-0.2, -0.15) is 0 Å². The average molecular weight is 454 g/mol. The molecule has 6 nitrogen and oxygen atoms in total. The lowest BCUT2D eigenvalue weighted by Crippen LogP contribution is -2.27. The van der Waals surface area contributed by atoms with Crippen LogP contribution in [0.15, 0.2) is 40.3 Å². The highest BCUT2D eigenvalue weighted by atomic mass is 32.2. The first-order valence-electron chi connectivity index (χ1n) is 11.0. The molecular weight excluding hydrogens is 426 g/mol. The number of thioether (sulfide) groups is 1. The number of thiophene rings is 1. The van der Waals surface area contributed by atoms with Gasteiger partial charge in [0.25, 0.3) is 5.56 Å². The van der Waals surface area contributed by atoms with E-state index >= 15 is 0 Å². The molecule has 0 saturated carbocycles. The summed E-state index contributed by atoms with van der Waals surface area (Å²) in [5, 5.41) is 10.7. The van der Waals surface area contributed by atoms with Gasteiger partial charge in [-0.05, 0) is 37.6 Å². The number of fused-ring (bicyclic) bond motifs is 5. The number of aromatic nitrogens is 4. The minimum Gasteiger partial charge on any atom is -0.301 e. The number of nitrogens with zero attached hydrogens (tertiary/aromatic N) is 5. The van der Waals surface area contributed by atoms with E-state index in [1.54, 1.807) is 27.7 Å². The number of hydrogen-bond acceptors (Lipinski definition) is 6. The Balaban J connectivity index is 1.71. The van der Waals surface area contributed by atoms with Gasteiger partial charge in [-0.15, -0.1) is 21.5 Å². The summed E-state index contributed by atoms with van der Waals surface area (Å²) in [5.74, 6) is 1.62. The molecule has 0 N–H and O–H groups in total. The molecule has 4 heterocycles. The number of likely N-dealkylation sites (N-methyl/N-ethyl adjacent to an activating group) is 1. The van der Waals surface area contributed by atoms with Crippen LogP contribution in [0.3, 0.4) is 0 Å². The second-order valence-corrected chi connectivity index (χ2v) is 10.3. The zero-order valence-corrected chi connectivity index (χ0v) is 19.6. The van der Waals surface area contributed by atoms with Gasteiger partial charge in [0.05, 0.1) is 11.1 Å². The van der Waals surface area contributed by atoms with E-state index in [2.05, 4.69) is 33.5 Å². The molecule has 0 atom stereocenters. The summed E-state index contributed by atoms with van der Waals surface area (Å²) in [6.45, 7) is 4.10. The molecule has 0 bridgehead atoms. The second kappa shape index (κ2) is 8.76. The van der Waals surface area contributed by atoms with E-state index in [9.17, 15) is 4.79 Å². The molecule has 1 aliphatic rings. The number of para-hydroxylation sites is 1. The summed E-state index contributed by atoms with van der Waals surface area (Å²) < 4.78 is 3.86. The van der Waals surface area contributed by atoms with Crippen LogP contribution in [0.2, 0.25) is 0 Å². The van der Waals surface area contributed by atoms with E-state index in [0.29, 0.717) is 5.78 Å².